The molecule has 5 nitrogen and oxygen atoms in total. The Morgan fingerprint density at radius 3 is 2.68 bits per heavy atom. The van der Waals surface area contributed by atoms with Gasteiger partial charge in [-0.2, -0.15) is 0 Å². The number of nitrogens with zero attached hydrogens (tertiary/aromatic N) is 1. The lowest BCUT2D eigenvalue weighted by molar-refractivity contribution is -0.144. The number of aromatic nitrogens is 1. The maximum absolute atomic E-state index is 12.7. The molecular formula is C20H22N2O3. The number of aryl methyl sites for hydroxylation is 1. The molecule has 2 atom stereocenters. The van der Waals surface area contributed by atoms with Crippen molar-refractivity contribution < 1.29 is 14.7 Å². The van der Waals surface area contributed by atoms with Crippen LogP contribution in [0.25, 0.3) is 0 Å². The minimum absolute atomic E-state index is 0.0698. The molecule has 0 spiro atoms. The van der Waals surface area contributed by atoms with E-state index in [0.29, 0.717) is 12.0 Å². The molecule has 1 aliphatic carbocycles. The van der Waals surface area contributed by atoms with E-state index < -0.39 is 11.4 Å². The van der Waals surface area contributed by atoms with E-state index in [9.17, 15) is 14.7 Å². The number of hydrogen-bond donors (Lipinski definition) is 2. The largest absolute Gasteiger partial charge is 0.481 e. The predicted octanol–water partition coefficient (Wildman–Crippen LogP) is 2.66. The van der Waals surface area contributed by atoms with Gasteiger partial charge in [0.25, 0.3) is 0 Å². The zero-order chi connectivity index (χ0) is 17.9. The van der Waals surface area contributed by atoms with Gasteiger partial charge in [-0.05, 0) is 36.5 Å². The number of rotatable bonds is 6. The fraction of sp³-hybridized carbons (Fsp3) is 0.350. The Morgan fingerprint density at radius 2 is 2.00 bits per heavy atom. The van der Waals surface area contributed by atoms with Gasteiger partial charge < -0.3 is 10.4 Å². The van der Waals surface area contributed by atoms with Crippen LogP contribution in [0, 0.1) is 0 Å². The molecule has 0 aliphatic heterocycles. The van der Waals surface area contributed by atoms with Crippen LogP contribution in [0.2, 0.25) is 0 Å². The van der Waals surface area contributed by atoms with Crippen molar-refractivity contribution in [3.8, 4) is 0 Å². The molecule has 1 aromatic heterocycles. The van der Waals surface area contributed by atoms with Crippen LogP contribution in [0.1, 0.15) is 42.5 Å². The van der Waals surface area contributed by atoms with Gasteiger partial charge in [0.1, 0.15) is 5.41 Å². The third-order valence-corrected chi connectivity index (χ3v) is 5.18. The summed E-state index contributed by atoms with van der Waals surface area (Å²) in [4.78, 5) is 29.0. The predicted molar refractivity (Wildman–Crippen MR) is 94.4 cm³/mol. The number of hydrogen-bond acceptors (Lipinski definition) is 3. The van der Waals surface area contributed by atoms with Crippen LogP contribution < -0.4 is 5.32 Å². The van der Waals surface area contributed by atoms with E-state index in [0.717, 1.165) is 24.1 Å². The number of pyridine rings is 1. The maximum atomic E-state index is 12.7. The number of carbonyl (C=O) groups excluding carboxylic acids is 1. The van der Waals surface area contributed by atoms with Gasteiger partial charge >= 0.3 is 5.97 Å². The van der Waals surface area contributed by atoms with Crippen molar-refractivity contribution >= 4 is 11.9 Å². The molecule has 3 rings (SSSR count). The van der Waals surface area contributed by atoms with Gasteiger partial charge in [-0.15, -0.1) is 0 Å². The number of amides is 1. The molecule has 0 fully saturated rings. The van der Waals surface area contributed by atoms with Crippen LogP contribution in [0.15, 0.2) is 48.7 Å². The average Bonchev–Trinajstić information content (AvgIpc) is 3.07. The van der Waals surface area contributed by atoms with Gasteiger partial charge in [-0.3, -0.25) is 14.6 Å². The first kappa shape index (κ1) is 17.1. The molecule has 2 N–H and O–H groups in total. The van der Waals surface area contributed by atoms with Gasteiger partial charge in [0.2, 0.25) is 5.91 Å². The van der Waals surface area contributed by atoms with E-state index in [4.69, 9.17) is 0 Å². The second-order valence-electron chi connectivity index (χ2n) is 6.46. The zero-order valence-corrected chi connectivity index (χ0v) is 14.2. The van der Waals surface area contributed by atoms with Crippen LogP contribution in [-0.4, -0.2) is 28.5 Å². The zero-order valence-electron chi connectivity index (χ0n) is 14.2. The average molecular weight is 338 g/mol. The molecule has 25 heavy (non-hydrogen) atoms. The summed E-state index contributed by atoms with van der Waals surface area (Å²) >= 11 is 0. The maximum Gasteiger partial charge on any atom is 0.315 e. The number of nitrogens with one attached hydrogen (secondary N) is 1. The van der Waals surface area contributed by atoms with Crippen molar-refractivity contribution in [2.24, 2.45) is 0 Å². The minimum Gasteiger partial charge on any atom is -0.481 e. The Bertz CT molecular complexity index is 776. The first-order valence-electron chi connectivity index (χ1n) is 8.59. The van der Waals surface area contributed by atoms with Crippen molar-refractivity contribution in [1.29, 1.82) is 0 Å². The van der Waals surface area contributed by atoms with Gasteiger partial charge in [0, 0.05) is 12.7 Å². The molecule has 1 aromatic carbocycles. The third-order valence-electron chi connectivity index (χ3n) is 5.18. The summed E-state index contributed by atoms with van der Waals surface area (Å²) in [5.41, 5.74) is 1.50. The first-order chi connectivity index (χ1) is 12.1. The Balaban J connectivity index is 1.78. The SMILES string of the molecule is CCC(CNC(=O)C1CCc2cccnc21)(C(=O)O)c1ccccc1. The van der Waals surface area contributed by atoms with E-state index in [1.807, 2.05) is 37.3 Å². The van der Waals surface area contributed by atoms with Crippen LogP contribution in [0.5, 0.6) is 0 Å². The van der Waals surface area contributed by atoms with Crippen LogP contribution in [-0.2, 0) is 21.4 Å². The number of benzene rings is 1. The van der Waals surface area contributed by atoms with Crippen molar-refractivity contribution in [1.82, 2.24) is 10.3 Å². The summed E-state index contributed by atoms with van der Waals surface area (Å²) in [7, 11) is 0. The molecule has 0 radical (unpaired) electrons. The number of carboxylic acids is 1. The van der Waals surface area contributed by atoms with Crippen LogP contribution in [0.4, 0.5) is 0 Å². The van der Waals surface area contributed by atoms with Gasteiger partial charge in [0.05, 0.1) is 11.6 Å². The topological polar surface area (TPSA) is 79.3 Å². The monoisotopic (exact) mass is 338 g/mol. The smallest absolute Gasteiger partial charge is 0.315 e. The molecule has 0 saturated carbocycles. The van der Waals surface area contributed by atoms with Crippen molar-refractivity contribution in [3.63, 3.8) is 0 Å². The van der Waals surface area contributed by atoms with Gasteiger partial charge in [0.15, 0.2) is 0 Å². The fourth-order valence-electron chi connectivity index (χ4n) is 3.57. The van der Waals surface area contributed by atoms with Crippen LogP contribution in [0.3, 0.4) is 0 Å². The summed E-state index contributed by atoms with van der Waals surface area (Å²) in [5.74, 6) is -1.37. The van der Waals surface area contributed by atoms with Gasteiger partial charge in [-0.25, -0.2) is 0 Å². The number of carboxylic acid groups (broad SMARTS) is 1. The molecular weight excluding hydrogens is 316 g/mol. The van der Waals surface area contributed by atoms with Gasteiger partial charge in [-0.1, -0.05) is 43.3 Å². The molecule has 130 valence electrons. The molecule has 5 heteroatoms. The Labute approximate surface area is 147 Å². The lowest BCUT2D eigenvalue weighted by atomic mass is 9.78. The number of fused-ring (bicyclic) bond motifs is 1. The molecule has 0 bridgehead atoms. The molecule has 1 amide bonds. The summed E-state index contributed by atoms with van der Waals surface area (Å²) in [6.45, 7) is 1.90. The quantitative estimate of drug-likeness (QED) is 0.849. The van der Waals surface area contributed by atoms with Crippen LogP contribution >= 0.6 is 0 Å². The van der Waals surface area contributed by atoms with E-state index in [1.165, 1.54) is 0 Å². The van der Waals surface area contributed by atoms with Crippen molar-refractivity contribution in [2.45, 2.75) is 37.5 Å². The Morgan fingerprint density at radius 1 is 1.24 bits per heavy atom. The third kappa shape index (κ3) is 3.14. The summed E-state index contributed by atoms with van der Waals surface area (Å²) in [6, 6.07) is 13.0. The van der Waals surface area contributed by atoms with E-state index in [2.05, 4.69) is 10.3 Å². The highest BCUT2D eigenvalue weighted by Gasteiger charge is 2.40. The number of carbonyl (C=O) groups is 2. The minimum atomic E-state index is -1.12. The number of aliphatic carboxylic acids is 1. The second kappa shape index (κ2) is 7.05. The van der Waals surface area contributed by atoms with E-state index >= 15 is 0 Å². The highest BCUT2D eigenvalue weighted by molar-refractivity contribution is 5.87. The summed E-state index contributed by atoms with van der Waals surface area (Å²) < 4.78 is 0. The summed E-state index contributed by atoms with van der Waals surface area (Å²) in [6.07, 6.45) is 3.64. The molecule has 2 aromatic rings. The Kier molecular flexibility index (Phi) is 4.83. The second-order valence-corrected chi connectivity index (χ2v) is 6.46. The van der Waals surface area contributed by atoms with E-state index in [1.54, 1.807) is 18.3 Å². The molecule has 2 unspecified atom stereocenters. The molecule has 1 heterocycles. The fourth-order valence-corrected chi connectivity index (χ4v) is 3.57. The first-order valence-corrected chi connectivity index (χ1v) is 8.59. The normalized spacial score (nSPS) is 18.2. The lowest BCUT2D eigenvalue weighted by Gasteiger charge is -2.29. The Hall–Kier alpha value is -2.69. The molecule has 0 saturated heterocycles. The standard InChI is InChI=1S/C20H22N2O3/c1-2-20(19(24)25,15-8-4-3-5-9-15)13-22-18(23)16-11-10-14-7-6-12-21-17(14)16/h3-9,12,16H,2,10-11,13H2,1H3,(H,22,23)(H,24,25). The summed E-state index contributed by atoms with van der Waals surface area (Å²) in [5, 5.41) is 12.7. The van der Waals surface area contributed by atoms with Crippen molar-refractivity contribution in [3.05, 3.63) is 65.5 Å². The molecule has 1 aliphatic rings. The lowest BCUT2D eigenvalue weighted by Crippen LogP contribution is -2.47. The highest BCUT2D eigenvalue weighted by Crippen LogP contribution is 2.32. The van der Waals surface area contributed by atoms with Crippen molar-refractivity contribution in [2.75, 3.05) is 6.54 Å². The van der Waals surface area contributed by atoms with E-state index in [-0.39, 0.29) is 18.4 Å². The highest BCUT2D eigenvalue weighted by atomic mass is 16.4.